The Morgan fingerprint density at radius 1 is 1.00 bits per heavy atom. The quantitative estimate of drug-likeness (QED) is 0.788. The smallest absolute Gasteiger partial charge is 0.254 e. The fraction of sp³-hybridized carbons (Fsp3) is 0.588. The summed E-state index contributed by atoms with van der Waals surface area (Å²) in [5, 5.41) is 0. The van der Waals surface area contributed by atoms with Crippen molar-refractivity contribution in [1.29, 1.82) is 0 Å². The van der Waals surface area contributed by atoms with Crippen molar-refractivity contribution in [3.8, 4) is 0 Å². The first kappa shape index (κ1) is 14.1. The third-order valence-electron chi connectivity index (χ3n) is 4.64. The summed E-state index contributed by atoms with van der Waals surface area (Å²) >= 11 is 3.43. The summed E-state index contributed by atoms with van der Waals surface area (Å²) in [5.74, 6) is 1.06. The Morgan fingerprint density at radius 3 is 2.00 bits per heavy atom. The molecule has 20 heavy (non-hydrogen) atoms. The second-order valence-corrected chi connectivity index (χ2v) is 7.28. The summed E-state index contributed by atoms with van der Waals surface area (Å²) in [5.41, 5.74) is 0.832. The van der Waals surface area contributed by atoms with Gasteiger partial charge >= 0.3 is 0 Å². The van der Waals surface area contributed by atoms with Crippen LogP contribution >= 0.6 is 15.9 Å². The first-order valence-corrected chi connectivity index (χ1v) is 8.52. The van der Waals surface area contributed by atoms with Crippen molar-refractivity contribution in [3.05, 3.63) is 34.3 Å². The molecule has 3 rings (SSSR count). The van der Waals surface area contributed by atoms with Gasteiger partial charge < -0.3 is 4.90 Å². The standard InChI is InChI=1S/C17H22BrNO/c1-12-2-8-15(9-3-12)19(16-10-11-16)17(20)13-4-6-14(18)7-5-13/h4-7,12,15-16H,2-3,8-11H2,1H3. The van der Waals surface area contributed by atoms with Crippen LogP contribution in [0, 0.1) is 5.92 Å². The van der Waals surface area contributed by atoms with Crippen molar-refractivity contribution in [3.63, 3.8) is 0 Å². The van der Waals surface area contributed by atoms with E-state index in [1.807, 2.05) is 24.3 Å². The number of nitrogens with zero attached hydrogens (tertiary/aromatic N) is 1. The Bertz CT molecular complexity index is 472. The van der Waals surface area contributed by atoms with Gasteiger partial charge in [-0.3, -0.25) is 4.79 Å². The molecular formula is C17H22BrNO. The number of carbonyl (C=O) groups is 1. The van der Waals surface area contributed by atoms with E-state index >= 15 is 0 Å². The molecule has 1 aromatic rings. The van der Waals surface area contributed by atoms with E-state index in [1.54, 1.807) is 0 Å². The molecule has 0 bridgehead atoms. The zero-order chi connectivity index (χ0) is 14.1. The number of carbonyl (C=O) groups excluding carboxylic acids is 1. The predicted molar refractivity (Wildman–Crippen MR) is 84.8 cm³/mol. The molecule has 2 nitrogen and oxygen atoms in total. The molecule has 2 saturated carbocycles. The number of halogens is 1. The largest absolute Gasteiger partial charge is 0.333 e. The zero-order valence-electron chi connectivity index (χ0n) is 12.0. The van der Waals surface area contributed by atoms with Crippen LogP contribution < -0.4 is 0 Å². The molecule has 0 saturated heterocycles. The van der Waals surface area contributed by atoms with Crippen LogP contribution in [0.15, 0.2) is 28.7 Å². The Labute approximate surface area is 129 Å². The SMILES string of the molecule is CC1CCC(N(C(=O)c2ccc(Br)cc2)C2CC2)CC1. The van der Waals surface area contributed by atoms with Gasteiger partial charge in [-0.2, -0.15) is 0 Å². The monoisotopic (exact) mass is 335 g/mol. The van der Waals surface area contributed by atoms with Crippen molar-refractivity contribution in [2.24, 2.45) is 5.92 Å². The lowest BCUT2D eigenvalue weighted by molar-refractivity contribution is 0.0593. The normalized spacial score (nSPS) is 26.3. The highest BCUT2D eigenvalue weighted by Crippen LogP contribution is 2.36. The Morgan fingerprint density at radius 2 is 1.50 bits per heavy atom. The highest BCUT2D eigenvalue weighted by molar-refractivity contribution is 9.10. The summed E-state index contributed by atoms with van der Waals surface area (Å²) in [6.45, 7) is 2.33. The lowest BCUT2D eigenvalue weighted by Crippen LogP contribution is -2.43. The minimum Gasteiger partial charge on any atom is -0.333 e. The number of benzene rings is 1. The molecule has 2 aliphatic rings. The number of rotatable bonds is 3. The number of amides is 1. The van der Waals surface area contributed by atoms with Gasteiger partial charge in [0.25, 0.3) is 5.91 Å². The van der Waals surface area contributed by atoms with Crippen molar-refractivity contribution in [2.45, 2.75) is 57.5 Å². The maximum atomic E-state index is 12.8. The molecule has 3 heteroatoms. The van der Waals surface area contributed by atoms with Crippen LogP contribution in [0.4, 0.5) is 0 Å². The maximum Gasteiger partial charge on any atom is 0.254 e. The molecule has 0 aromatic heterocycles. The Kier molecular flexibility index (Phi) is 4.16. The van der Waals surface area contributed by atoms with Gasteiger partial charge in [0.2, 0.25) is 0 Å². The molecule has 0 N–H and O–H groups in total. The van der Waals surface area contributed by atoms with E-state index in [1.165, 1.54) is 38.5 Å². The fourth-order valence-corrected chi connectivity index (χ4v) is 3.51. The van der Waals surface area contributed by atoms with Crippen molar-refractivity contribution < 1.29 is 4.79 Å². The summed E-state index contributed by atoms with van der Waals surface area (Å²) in [4.78, 5) is 15.0. The molecule has 1 aromatic carbocycles. The van der Waals surface area contributed by atoms with E-state index in [-0.39, 0.29) is 5.91 Å². The Balaban J connectivity index is 1.76. The Hall–Kier alpha value is -0.830. The minimum absolute atomic E-state index is 0.236. The molecule has 2 aliphatic carbocycles. The van der Waals surface area contributed by atoms with E-state index in [2.05, 4.69) is 27.8 Å². The molecule has 0 heterocycles. The van der Waals surface area contributed by atoms with Crippen LogP contribution in [-0.2, 0) is 0 Å². The molecule has 1 amide bonds. The van der Waals surface area contributed by atoms with Gasteiger partial charge in [0, 0.05) is 22.1 Å². The average Bonchev–Trinajstić information content (AvgIpc) is 3.26. The van der Waals surface area contributed by atoms with Gasteiger partial charge in [0.05, 0.1) is 0 Å². The van der Waals surface area contributed by atoms with E-state index in [4.69, 9.17) is 0 Å². The third kappa shape index (κ3) is 3.08. The zero-order valence-corrected chi connectivity index (χ0v) is 13.6. The second kappa shape index (κ2) is 5.88. The van der Waals surface area contributed by atoms with Crippen molar-refractivity contribution in [2.75, 3.05) is 0 Å². The number of hydrogen-bond donors (Lipinski definition) is 0. The lowest BCUT2D eigenvalue weighted by atomic mass is 9.86. The molecule has 2 fully saturated rings. The van der Waals surface area contributed by atoms with Gasteiger partial charge in [0.1, 0.15) is 0 Å². The van der Waals surface area contributed by atoms with Gasteiger partial charge in [-0.1, -0.05) is 22.9 Å². The predicted octanol–water partition coefficient (Wildman–Crippen LogP) is 4.63. The van der Waals surface area contributed by atoms with Crippen LogP contribution in [0.3, 0.4) is 0 Å². The van der Waals surface area contributed by atoms with E-state index < -0.39 is 0 Å². The molecule has 0 aliphatic heterocycles. The molecule has 108 valence electrons. The molecule has 0 atom stereocenters. The van der Waals surface area contributed by atoms with Gasteiger partial charge in [0.15, 0.2) is 0 Å². The average molecular weight is 336 g/mol. The third-order valence-corrected chi connectivity index (χ3v) is 5.17. The minimum atomic E-state index is 0.236. The highest BCUT2D eigenvalue weighted by atomic mass is 79.9. The second-order valence-electron chi connectivity index (χ2n) is 6.36. The van der Waals surface area contributed by atoms with Gasteiger partial charge in [-0.05, 0) is 68.7 Å². The topological polar surface area (TPSA) is 20.3 Å². The van der Waals surface area contributed by atoms with Crippen LogP contribution in [0.5, 0.6) is 0 Å². The van der Waals surface area contributed by atoms with E-state index in [9.17, 15) is 4.79 Å². The summed E-state index contributed by atoms with van der Waals surface area (Å²) < 4.78 is 1.03. The number of hydrogen-bond acceptors (Lipinski definition) is 1. The summed E-state index contributed by atoms with van der Waals surface area (Å²) in [6, 6.07) is 8.77. The van der Waals surface area contributed by atoms with Crippen LogP contribution in [0.2, 0.25) is 0 Å². The molecule has 0 unspecified atom stereocenters. The lowest BCUT2D eigenvalue weighted by Gasteiger charge is -2.36. The first-order valence-electron chi connectivity index (χ1n) is 7.73. The summed E-state index contributed by atoms with van der Waals surface area (Å²) in [7, 11) is 0. The highest BCUT2D eigenvalue weighted by Gasteiger charge is 2.38. The van der Waals surface area contributed by atoms with Crippen LogP contribution in [0.25, 0.3) is 0 Å². The van der Waals surface area contributed by atoms with Crippen molar-refractivity contribution in [1.82, 2.24) is 4.90 Å². The van der Waals surface area contributed by atoms with Gasteiger partial charge in [-0.25, -0.2) is 0 Å². The van der Waals surface area contributed by atoms with E-state index in [0.29, 0.717) is 12.1 Å². The molecule has 0 radical (unpaired) electrons. The van der Waals surface area contributed by atoms with E-state index in [0.717, 1.165) is 16.0 Å². The fourth-order valence-electron chi connectivity index (χ4n) is 3.24. The maximum absolute atomic E-state index is 12.8. The first-order chi connectivity index (χ1) is 9.65. The summed E-state index contributed by atoms with van der Waals surface area (Å²) in [6.07, 6.45) is 7.27. The van der Waals surface area contributed by atoms with Gasteiger partial charge in [-0.15, -0.1) is 0 Å². The van der Waals surface area contributed by atoms with Crippen LogP contribution in [-0.4, -0.2) is 22.9 Å². The molecule has 0 spiro atoms. The van der Waals surface area contributed by atoms with Crippen LogP contribution in [0.1, 0.15) is 55.8 Å². The molecular weight excluding hydrogens is 314 g/mol. The van der Waals surface area contributed by atoms with Crippen molar-refractivity contribution >= 4 is 21.8 Å².